The van der Waals surface area contributed by atoms with E-state index in [0.29, 0.717) is 11.8 Å². The molecule has 0 saturated carbocycles. The van der Waals surface area contributed by atoms with Gasteiger partial charge in [-0.3, -0.25) is 0 Å². The van der Waals surface area contributed by atoms with E-state index in [4.69, 9.17) is 0 Å². The molecule has 1 rings (SSSR count). The Hall–Kier alpha value is -0.850. The van der Waals surface area contributed by atoms with Crippen molar-refractivity contribution in [2.75, 3.05) is 0 Å². The highest BCUT2D eigenvalue weighted by Crippen LogP contribution is 2.24. The lowest BCUT2D eigenvalue weighted by Gasteiger charge is -2.13. The summed E-state index contributed by atoms with van der Waals surface area (Å²) in [5.74, 6) is 0.739. The quantitative estimate of drug-likeness (QED) is 0.666. The zero-order chi connectivity index (χ0) is 10.7. The fourth-order valence-electron chi connectivity index (χ4n) is 1.49. The molecule has 0 nitrogen and oxygen atoms in total. The molecule has 0 heterocycles. The highest BCUT2D eigenvalue weighted by atomic mass is 19.1. The van der Waals surface area contributed by atoms with Crippen LogP contribution in [0.1, 0.15) is 57.1 Å². The molecule has 0 spiro atoms. The van der Waals surface area contributed by atoms with E-state index in [1.807, 2.05) is 0 Å². The second kappa shape index (κ2) is 4.59. The maximum atomic E-state index is 13.3. The molecule has 1 atom stereocenters. The van der Waals surface area contributed by atoms with Crippen molar-refractivity contribution in [2.24, 2.45) is 0 Å². The third kappa shape index (κ3) is 2.57. The number of hydrogen-bond acceptors (Lipinski definition) is 0. The molecule has 1 heteroatoms. The molecule has 0 bridgehead atoms. The summed E-state index contributed by atoms with van der Waals surface area (Å²) in [5, 5.41) is 0. The smallest absolute Gasteiger partial charge is 0.123 e. The molecule has 0 fully saturated rings. The highest BCUT2D eigenvalue weighted by Gasteiger charge is 2.08. The Morgan fingerprint density at radius 2 is 1.64 bits per heavy atom. The minimum absolute atomic E-state index is 0.105. The van der Waals surface area contributed by atoms with Gasteiger partial charge in [-0.1, -0.05) is 33.8 Å². The predicted molar refractivity (Wildman–Crippen MR) is 59.2 cm³/mol. The maximum Gasteiger partial charge on any atom is 0.123 e. The molecule has 0 aromatic heterocycles. The Balaban J connectivity index is 3.07. The van der Waals surface area contributed by atoms with E-state index in [-0.39, 0.29) is 5.82 Å². The number of rotatable bonds is 3. The first kappa shape index (κ1) is 11.2. The summed E-state index contributed by atoms with van der Waals surface area (Å²) < 4.78 is 13.3. The Kier molecular flexibility index (Phi) is 3.68. The fraction of sp³-hybridized carbons (Fsp3) is 0.538. The summed E-state index contributed by atoms with van der Waals surface area (Å²) in [4.78, 5) is 0. The first-order chi connectivity index (χ1) is 6.54. The summed E-state index contributed by atoms with van der Waals surface area (Å²) in [5.41, 5.74) is 2.22. The molecule has 0 aliphatic heterocycles. The van der Waals surface area contributed by atoms with E-state index < -0.39 is 0 Å². The summed E-state index contributed by atoms with van der Waals surface area (Å²) in [6.07, 6.45) is 1.06. The Morgan fingerprint density at radius 3 is 2.14 bits per heavy atom. The van der Waals surface area contributed by atoms with Gasteiger partial charge in [0.05, 0.1) is 0 Å². The number of hydrogen-bond donors (Lipinski definition) is 0. The molecule has 1 unspecified atom stereocenters. The molecule has 0 aliphatic carbocycles. The molecule has 0 aliphatic rings. The van der Waals surface area contributed by atoms with Crippen LogP contribution in [0, 0.1) is 5.82 Å². The van der Waals surface area contributed by atoms with Crippen LogP contribution in [0.3, 0.4) is 0 Å². The van der Waals surface area contributed by atoms with Crippen molar-refractivity contribution in [3.8, 4) is 0 Å². The Labute approximate surface area is 86.2 Å². The van der Waals surface area contributed by atoms with E-state index in [1.165, 1.54) is 0 Å². The van der Waals surface area contributed by atoms with Crippen LogP contribution in [0.5, 0.6) is 0 Å². The Morgan fingerprint density at radius 1 is 1.07 bits per heavy atom. The van der Waals surface area contributed by atoms with Gasteiger partial charge in [-0.25, -0.2) is 4.39 Å². The largest absolute Gasteiger partial charge is 0.207 e. The fourth-order valence-corrected chi connectivity index (χ4v) is 1.49. The van der Waals surface area contributed by atoms with E-state index in [9.17, 15) is 4.39 Å². The van der Waals surface area contributed by atoms with E-state index in [1.54, 1.807) is 12.1 Å². The standard InChI is InChI=1S/C13H19F/c1-5-10(4)12-6-11(9(2)3)7-13(14)8-12/h6-10H,5H2,1-4H3. The maximum absolute atomic E-state index is 13.3. The molecule has 1 aromatic carbocycles. The first-order valence-electron chi connectivity index (χ1n) is 5.35. The van der Waals surface area contributed by atoms with Crippen LogP contribution in [0.2, 0.25) is 0 Å². The van der Waals surface area contributed by atoms with E-state index in [2.05, 4.69) is 33.8 Å². The van der Waals surface area contributed by atoms with Gasteiger partial charge < -0.3 is 0 Å². The zero-order valence-electron chi connectivity index (χ0n) is 9.47. The summed E-state index contributed by atoms with van der Waals surface area (Å²) >= 11 is 0. The minimum atomic E-state index is -0.105. The average molecular weight is 194 g/mol. The van der Waals surface area contributed by atoms with Gasteiger partial charge in [0.15, 0.2) is 0 Å². The molecule has 14 heavy (non-hydrogen) atoms. The normalized spacial score (nSPS) is 13.3. The summed E-state index contributed by atoms with van der Waals surface area (Å²) in [6.45, 7) is 8.45. The van der Waals surface area contributed by atoms with Crippen LogP contribution in [-0.2, 0) is 0 Å². The SMILES string of the molecule is CCC(C)c1cc(F)cc(C(C)C)c1. The van der Waals surface area contributed by atoms with Crippen molar-refractivity contribution in [2.45, 2.75) is 46.0 Å². The highest BCUT2D eigenvalue weighted by molar-refractivity contribution is 5.29. The van der Waals surface area contributed by atoms with Crippen molar-refractivity contribution in [3.63, 3.8) is 0 Å². The van der Waals surface area contributed by atoms with Crippen LogP contribution in [0.15, 0.2) is 18.2 Å². The lowest BCUT2D eigenvalue weighted by atomic mass is 9.93. The first-order valence-corrected chi connectivity index (χ1v) is 5.35. The van der Waals surface area contributed by atoms with Crippen molar-refractivity contribution < 1.29 is 4.39 Å². The van der Waals surface area contributed by atoms with Crippen molar-refractivity contribution in [1.82, 2.24) is 0 Å². The van der Waals surface area contributed by atoms with Crippen molar-refractivity contribution >= 4 is 0 Å². The number of halogens is 1. The third-order valence-electron chi connectivity index (χ3n) is 2.79. The summed E-state index contributed by atoms with van der Waals surface area (Å²) in [7, 11) is 0. The molecule has 1 aromatic rings. The monoisotopic (exact) mass is 194 g/mol. The van der Waals surface area contributed by atoms with Crippen molar-refractivity contribution in [1.29, 1.82) is 0 Å². The summed E-state index contributed by atoms with van der Waals surface area (Å²) in [6, 6.07) is 5.42. The lowest BCUT2D eigenvalue weighted by Crippen LogP contribution is -1.96. The zero-order valence-corrected chi connectivity index (χ0v) is 9.47. The van der Waals surface area contributed by atoms with Crippen LogP contribution >= 0.6 is 0 Å². The Bertz CT molecular complexity index is 302. The number of benzene rings is 1. The van der Waals surface area contributed by atoms with Gasteiger partial charge in [0.2, 0.25) is 0 Å². The molecule has 0 radical (unpaired) electrons. The van der Waals surface area contributed by atoms with Crippen LogP contribution in [-0.4, -0.2) is 0 Å². The van der Waals surface area contributed by atoms with Gasteiger partial charge in [0.25, 0.3) is 0 Å². The topological polar surface area (TPSA) is 0 Å². The van der Waals surface area contributed by atoms with Gasteiger partial charge in [0, 0.05) is 0 Å². The molecule has 0 amide bonds. The van der Waals surface area contributed by atoms with Gasteiger partial charge >= 0.3 is 0 Å². The lowest BCUT2D eigenvalue weighted by molar-refractivity contribution is 0.614. The predicted octanol–water partition coefficient (Wildman–Crippen LogP) is 4.46. The van der Waals surface area contributed by atoms with Crippen molar-refractivity contribution in [3.05, 3.63) is 35.1 Å². The third-order valence-corrected chi connectivity index (χ3v) is 2.79. The van der Waals surface area contributed by atoms with Crippen LogP contribution in [0.4, 0.5) is 4.39 Å². The average Bonchev–Trinajstić information content (AvgIpc) is 2.15. The van der Waals surface area contributed by atoms with Gasteiger partial charge in [-0.05, 0) is 41.5 Å². The van der Waals surface area contributed by atoms with E-state index >= 15 is 0 Å². The second-order valence-corrected chi connectivity index (χ2v) is 4.28. The molecular weight excluding hydrogens is 175 g/mol. The van der Waals surface area contributed by atoms with Gasteiger partial charge in [-0.2, -0.15) is 0 Å². The van der Waals surface area contributed by atoms with E-state index in [0.717, 1.165) is 17.5 Å². The second-order valence-electron chi connectivity index (χ2n) is 4.28. The molecular formula is C13H19F. The minimum Gasteiger partial charge on any atom is -0.207 e. The van der Waals surface area contributed by atoms with Gasteiger partial charge in [-0.15, -0.1) is 0 Å². The van der Waals surface area contributed by atoms with Crippen LogP contribution < -0.4 is 0 Å². The molecule has 0 N–H and O–H groups in total. The van der Waals surface area contributed by atoms with Gasteiger partial charge in [0.1, 0.15) is 5.82 Å². The molecule has 78 valence electrons. The van der Waals surface area contributed by atoms with Crippen LogP contribution in [0.25, 0.3) is 0 Å². The molecule has 0 saturated heterocycles.